The number of ether oxygens (including phenoxy) is 2. The standard InChI is InChI=1S/C22H32N2O5/c1-7-13-28-20(26)18(15(2)3)24-19(25)17(14-16-11-9-8-10-12-16)23-21(27)29-22(4,5)6/h7-12,15,17-18H,1,13-14H2,2-6H3,(H,23,27)(H,24,25)/t17-,18+/m0/s1. The molecule has 0 spiro atoms. The Morgan fingerprint density at radius 3 is 2.24 bits per heavy atom. The Morgan fingerprint density at radius 1 is 1.10 bits per heavy atom. The third-order valence-electron chi connectivity index (χ3n) is 3.85. The highest BCUT2D eigenvalue weighted by atomic mass is 16.6. The average molecular weight is 405 g/mol. The molecule has 2 N–H and O–H groups in total. The second-order valence-electron chi connectivity index (χ2n) is 8.04. The van der Waals surface area contributed by atoms with E-state index in [4.69, 9.17) is 9.47 Å². The van der Waals surface area contributed by atoms with Gasteiger partial charge < -0.3 is 20.1 Å². The van der Waals surface area contributed by atoms with Crippen molar-refractivity contribution in [1.82, 2.24) is 10.6 Å². The third-order valence-corrected chi connectivity index (χ3v) is 3.85. The van der Waals surface area contributed by atoms with E-state index < -0.39 is 35.7 Å². The average Bonchev–Trinajstić information content (AvgIpc) is 2.62. The first kappa shape index (κ1) is 24.2. The van der Waals surface area contributed by atoms with Gasteiger partial charge in [-0.3, -0.25) is 4.79 Å². The van der Waals surface area contributed by atoms with Crippen LogP contribution in [-0.4, -0.2) is 42.3 Å². The summed E-state index contributed by atoms with van der Waals surface area (Å²) in [4.78, 5) is 37.4. The van der Waals surface area contributed by atoms with Crippen LogP contribution >= 0.6 is 0 Å². The van der Waals surface area contributed by atoms with E-state index in [0.717, 1.165) is 5.56 Å². The Labute approximate surface area is 172 Å². The van der Waals surface area contributed by atoms with Gasteiger partial charge in [0.05, 0.1) is 0 Å². The molecule has 0 aliphatic carbocycles. The number of alkyl carbamates (subject to hydrolysis) is 1. The van der Waals surface area contributed by atoms with Crippen LogP contribution in [0.25, 0.3) is 0 Å². The fourth-order valence-corrected chi connectivity index (χ4v) is 2.49. The minimum absolute atomic E-state index is 0.0571. The van der Waals surface area contributed by atoms with Crippen molar-refractivity contribution in [3.05, 3.63) is 48.6 Å². The van der Waals surface area contributed by atoms with Crippen LogP contribution in [0.2, 0.25) is 0 Å². The molecule has 0 aliphatic heterocycles. The molecule has 1 rings (SSSR count). The van der Waals surface area contributed by atoms with Crippen molar-refractivity contribution >= 4 is 18.0 Å². The number of hydrogen-bond donors (Lipinski definition) is 2. The van der Waals surface area contributed by atoms with Gasteiger partial charge in [0.2, 0.25) is 5.91 Å². The van der Waals surface area contributed by atoms with E-state index in [-0.39, 0.29) is 18.9 Å². The zero-order chi connectivity index (χ0) is 22.0. The molecule has 0 unspecified atom stereocenters. The number of nitrogens with one attached hydrogen (secondary N) is 2. The number of esters is 1. The largest absolute Gasteiger partial charge is 0.460 e. The Hall–Kier alpha value is -2.83. The molecule has 2 atom stereocenters. The molecule has 0 radical (unpaired) electrons. The van der Waals surface area contributed by atoms with Gasteiger partial charge in [0.1, 0.15) is 24.3 Å². The molecule has 0 heterocycles. The molecule has 0 bridgehead atoms. The molecule has 0 aromatic heterocycles. The van der Waals surface area contributed by atoms with Crippen molar-refractivity contribution in [2.24, 2.45) is 5.92 Å². The van der Waals surface area contributed by atoms with Gasteiger partial charge in [-0.15, -0.1) is 0 Å². The van der Waals surface area contributed by atoms with Gasteiger partial charge in [0.25, 0.3) is 0 Å². The Morgan fingerprint density at radius 2 is 1.72 bits per heavy atom. The maximum absolute atomic E-state index is 12.9. The predicted octanol–water partition coefficient (Wildman–Crippen LogP) is 2.99. The van der Waals surface area contributed by atoms with Crippen LogP contribution in [0, 0.1) is 5.92 Å². The molecule has 7 heteroatoms. The molecular weight excluding hydrogens is 372 g/mol. The van der Waals surface area contributed by atoms with Gasteiger partial charge in [-0.2, -0.15) is 0 Å². The van der Waals surface area contributed by atoms with E-state index in [9.17, 15) is 14.4 Å². The molecule has 0 saturated heterocycles. The van der Waals surface area contributed by atoms with Crippen molar-refractivity contribution in [2.45, 2.75) is 58.7 Å². The minimum Gasteiger partial charge on any atom is -0.460 e. The van der Waals surface area contributed by atoms with Crippen LogP contribution < -0.4 is 10.6 Å². The molecule has 1 aromatic carbocycles. The van der Waals surface area contributed by atoms with E-state index in [2.05, 4.69) is 17.2 Å². The van der Waals surface area contributed by atoms with E-state index in [1.54, 1.807) is 34.6 Å². The number of carbonyl (C=O) groups excluding carboxylic acids is 3. The molecule has 2 amide bonds. The van der Waals surface area contributed by atoms with Crippen LogP contribution in [0.4, 0.5) is 4.79 Å². The monoisotopic (exact) mass is 404 g/mol. The molecular formula is C22H32N2O5. The lowest BCUT2D eigenvalue weighted by atomic mass is 10.0. The quantitative estimate of drug-likeness (QED) is 0.487. The highest BCUT2D eigenvalue weighted by molar-refractivity contribution is 5.90. The molecule has 7 nitrogen and oxygen atoms in total. The van der Waals surface area contributed by atoms with Gasteiger partial charge in [-0.05, 0) is 32.3 Å². The second-order valence-corrected chi connectivity index (χ2v) is 8.04. The van der Waals surface area contributed by atoms with E-state index >= 15 is 0 Å². The molecule has 160 valence electrons. The number of amides is 2. The molecule has 1 aromatic rings. The maximum Gasteiger partial charge on any atom is 0.408 e. The third kappa shape index (κ3) is 9.27. The highest BCUT2D eigenvalue weighted by Crippen LogP contribution is 2.10. The van der Waals surface area contributed by atoms with Crippen LogP contribution in [0.3, 0.4) is 0 Å². The van der Waals surface area contributed by atoms with E-state index in [1.807, 2.05) is 30.3 Å². The minimum atomic E-state index is -0.916. The van der Waals surface area contributed by atoms with Gasteiger partial charge in [-0.25, -0.2) is 9.59 Å². The summed E-state index contributed by atoms with van der Waals surface area (Å²) in [5.41, 5.74) is 0.159. The SMILES string of the molecule is C=CCOC(=O)[C@H](NC(=O)[C@H](Cc1ccccc1)NC(=O)OC(C)(C)C)C(C)C. The van der Waals surface area contributed by atoms with E-state index in [1.165, 1.54) is 6.08 Å². The summed E-state index contributed by atoms with van der Waals surface area (Å²) in [5.74, 6) is -1.24. The fourth-order valence-electron chi connectivity index (χ4n) is 2.49. The summed E-state index contributed by atoms with van der Waals surface area (Å²) in [5, 5.41) is 5.30. The smallest absolute Gasteiger partial charge is 0.408 e. The molecule has 0 fully saturated rings. The van der Waals surface area contributed by atoms with Crippen LogP contribution in [0.5, 0.6) is 0 Å². The van der Waals surface area contributed by atoms with Gasteiger partial charge >= 0.3 is 12.1 Å². The summed E-state index contributed by atoms with van der Waals surface area (Å²) in [6.07, 6.45) is 1.00. The van der Waals surface area contributed by atoms with Crippen LogP contribution in [-0.2, 0) is 25.5 Å². The first-order valence-corrected chi connectivity index (χ1v) is 9.65. The molecule has 29 heavy (non-hydrogen) atoms. The van der Waals surface area contributed by atoms with Crippen LogP contribution in [0.15, 0.2) is 43.0 Å². The first-order chi connectivity index (χ1) is 13.5. The zero-order valence-electron chi connectivity index (χ0n) is 17.9. The van der Waals surface area contributed by atoms with Gasteiger partial charge in [0.15, 0.2) is 0 Å². The molecule has 0 aliphatic rings. The van der Waals surface area contributed by atoms with Crippen LogP contribution in [0.1, 0.15) is 40.2 Å². The lowest BCUT2D eigenvalue weighted by Crippen LogP contribution is -2.54. The Bertz CT molecular complexity index is 695. The van der Waals surface area contributed by atoms with Gasteiger partial charge in [0, 0.05) is 6.42 Å². The number of benzene rings is 1. The summed E-state index contributed by atoms with van der Waals surface area (Å²) in [6.45, 7) is 12.4. The normalized spacial score (nSPS) is 13.2. The lowest BCUT2D eigenvalue weighted by Gasteiger charge is -2.26. The summed E-state index contributed by atoms with van der Waals surface area (Å²) >= 11 is 0. The maximum atomic E-state index is 12.9. The highest BCUT2D eigenvalue weighted by Gasteiger charge is 2.30. The Balaban J connectivity index is 2.96. The van der Waals surface area contributed by atoms with Crippen molar-refractivity contribution in [2.75, 3.05) is 6.61 Å². The van der Waals surface area contributed by atoms with Gasteiger partial charge in [-0.1, -0.05) is 56.8 Å². The zero-order valence-corrected chi connectivity index (χ0v) is 17.9. The van der Waals surface area contributed by atoms with Crippen molar-refractivity contribution in [1.29, 1.82) is 0 Å². The first-order valence-electron chi connectivity index (χ1n) is 9.65. The number of carbonyl (C=O) groups is 3. The van der Waals surface area contributed by atoms with Crippen molar-refractivity contribution in [3.8, 4) is 0 Å². The lowest BCUT2D eigenvalue weighted by molar-refractivity contribution is -0.148. The topological polar surface area (TPSA) is 93.7 Å². The second kappa shape index (κ2) is 11.2. The fraction of sp³-hybridized carbons (Fsp3) is 0.500. The summed E-state index contributed by atoms with van der Waals surface area (Å²) in [6, 6.07) is 7.51. The predicted molar refractivity (Wildman–Crippen MR) is 111 cm³/mol. The molecule has 0 saturated carbocycles. The van der Waals surface area contributed by atoms with Crippen molar-refractivity contribution < 1.29 is 23.9 Å². The van der Waals surface area contributed by atoms with E-state index in [0.29, 0.717) is 0 Å². The number of hydrogen-bond acceptors (Lipinski definition) is 5. The summed E-state index contributed by atoms with van der Waals surface area (Å²) < 4.78 is 10.4. The summed E-state index contributed by atoms with van der Waals surface area (Å²) in [7, 11) is 0. The Kier molecular flexibility index (Phi) is 9.38. The number of rotatable bonds is 9. The van der Waals surface area contributed by atoms with Crippen molar-refractivity contribution in [3.63, 3.8) is 0 Å².